The number of thioether (sulfide) groups is 1. The molecular formula is C12H13NO2S. The monoisotopic (exact) mass is 235 g/mol. The van der Waals surface area contributed by atoms with Gasteiger partial charge in [-0.15, -0.1) is 0 Å². The van der Waals surface area contributed by atoms with E-state index in [1.807, 2.05) is 36.0 Å². The van der Waals surface area contributed by atoms with Gasteiger partial charge in [-0.2, -0.15) is 11.8 Å². The summed E-state index contributed by atoms with van der Waals surface area (Å²) < 4.78 is 5.83. The number of ether oxygens (including phenoxy) is 1. The van der Waals surface area contributed by atoms with Crippen molar-refractivity contribution >= 4 is 17.8 Å². The van der Waals surface area contributed by atoms with Gasteiger partial charge in [-0.1, -0.05) is 12.1 Å². The molecule has 1 aromatic rings. The Morgan fingerprint density at radius 1 is 1.56 bits per heavy atom. The van der Waals surface area contributed by atoms with E-state index in [4.69, 9.17) is 4.74 Å². The number of isocyanates is 1. The molecule has 1 heterocycles. The van der Waals surface area contributed by atoms with Gasteiger partial charge in [0.15, 0.2) is 0 Å². The van der Waals surface area contributed by atoms with Gasteiger partial charge in [0.2, 0.25) is 6.08 Å². The average Bonchev–Trinajstić information content (AvgIpc) is 2.80. The number of aliphatic imine (C=N–C) groups is 1. The Balaban J connectivity index is 2.00. The first-order valence-corrected chi connectivity index (χ1v) is 6.41. The topological polar surface area (TPSA) is 38.7 Å². The van der Waals surface area contributed by atoms with Gasteiger partial charge in [-0.25, -0.2) is 9.79 Å². The minimum atomic E-state index is 0.329. The molecule has 0 bridgehead atoms. The molecule has 3 nitrogen and oxygen atoms in total. The van der Waals surface area contributed by atoms with Crippen molar-refractivity contribution in [1.29, 1.82) is 0 Å². The van der Waals surface area contributed by atoms with Crippen molar-refractivity contribution in [3.05, 3.63) is 29.8 Å². The highest BCUT2D eigenvalue weighted by Crippen LogP contribution is 2.23. The van der Waals surface area contributed by atoms with E-state index in [2.05, 4.69) is 4.99 Å². The van der Waals surface area contributed by atoms with Gasteiger partial charge in [-0.3, -0.25) is 0 Å². The summed E-state index contributed by atoms with van der Waals surface area (Å²) in [6.45, 7) is 0.375. The van der Waals surface area contributed by atoms with E-state index >= 15 is 0 Å². The first kappa shape index (κ1) is 11.2. The van der Waals surface area contributed by atoms with Crippen molar-refractivity contribution < 1.29 is 9.53 Å². The highest BCUT2D eigenvalue weighted by molar-refractivity contribution is 7.99. The second-order valence-electron chi connectivity index (χ2n) is 3.66. The van der Waals surface area contributed by atoms with Gasteiger partial charge in [-0.05, 0) is 29.9 Å². The molecule has 1 aliphatic heterocycles. The third-order valence-electron chi connectivity index (χ3n) is 2.42. The predicted octanol–water partition coefficient (Wildman–Crippen LogP) is 2.41. The van der Waals surface area contributed by atoms with E-state index in [0.717, 1.165) is 23.5 Å². The molecule has 1 unspecified atom stereocenters. The molecule has 1 atom stereocenters. The van der Waals surface area contributed by atoms with Crippen LogP contribution in [0.2, 0.25) is 0 Å². The summed E-state index contributed by atoms with van der Waals surface area (Å²) >= 11 is 1.92. The van der Waals surface area contributed by atoms with Crippen LogP contribution < -0.4 is 4.74 Å². The van der Waals surface area contributed by atoms with Gasteiger partial charge < -0.3 is 4.74 Å². The molecule has 1 fully saturated rings. The maximum Gasteiger partial charge on any atom is 0.235 e. The fourth-order valence-corrected chi connectivity index (χ4v) is 2.73. The summed E-state index contributed by atoms with van der Waals surface area (Å²) in [6.07, 6.45) is 2.98. The minimum absolute atomic E-state index is 0.329. The Morgan fingerprint density at radius 3 is 3.25 bits per heavy atom. The normalized spacial score (nSPS) is 19.1. The molecule has 16 heavy (non-hydrogen) atoms. The van der Waals surface area contributed by atoms with E-state index < -0.39 is 0 Å². The molecule has 4 heteroatoms. The smallest absolute Gasteiger partial charge is 0.235 e. The van der Waals surface area contributed by atoms with E-state index in [-0.39, 0.29) is 0 Å². The number of rotatable bonds is 4. The van der Waals surface area contributed by atoms with E-state index in [1.165, 1.54) is 11.8 Å². The fraction of sp³-hybridized carbons (Fsp3) is 0.417. The Kier molecular flexibility index (Phi) is 4.03. The zero-order valence-electron chi connectivity index (χ0n) is 8.89. The summed E-state index contributed by atoms with van der Waals surface area (Å²) in [7, 11) is 0. The third kappa shape index (κ3) is 3.12. The SMILES string of the molecule is O=C=NCc1cccc(OC2CCSC2)c1. The van der Waals surface area contributed by atoms with Crippen molar-refractivity contribution in [2.24, 2.45) is 4.99 Å². The highest BCUT2D eigenvalue weighted by atomic mass is 32.2. The summed E-state index contributed by atoms with van der Waals surface area (Å²) in [6, 6.07) is 7.73. The molecule has 84 valence electrons. The molecule has 0 saturated carbocycles. The van der Waals surface area contributed by atoms with E-state index in [9.17, 15) is 4.79 Å². The van der Waals surface area contributed by atoms with Crippen LogP contribution in [0.5, 0.6) is 5.75 Å². The Hall–Kier alpha value is -1.25. The third-order valence-corrected chi connectivity index (χ3v) is 3.55. The number of hydrogen-bond donors (Lipinski definition) is 0. The molecule has 0 spiro atoms. The number of nitrogens with zero attached hydrogens (tertiary/aromatic N) is 1. The van der Waals surface area contributed by atoms with Gasteiger partial charge in [0.25, 0.3) is 0 Å². The maximum atomic E-state index is 10.0. The van der Waals surface area contributed by atoms with Crippen LogP contribution >= 0.6 is 11.8 Å². The van der Waals surface area contributed by atoms with Gasteiger partial charge in [0, 0.05) is 5.75 Å². The van der Waals surface area contributed by atoms with Crippen LogP contribution in [0.4, 0.5) is 0 Å². The Bertz CT molecular complexity index is 396. The number of hydrogen-bond acceptors (Lipinski definition) is 4. The summed E-state index contributed by atoms with van der Waals surface area (Å²) in [5.74, 6) is 3.11. The van der Waals surface area contributed by atoms with Crippen LogP contribution in [0, 0.1) is 0 Å². The largest absolute Gasteiger partial charge is 0.490 e. The lowest BCUT2D eigenvalue weighted by molar-refractivity contribution is 0.229. The Morgan fingerprint density at radius 2 is 2.50 bits per heavy atom. The van der Waals surface area contributed by atoms with E-state index in [1.54, 1.807) is 0 Å². The molecule has 0 N–H and O–H groups in total. The van der Waals surface area contributed by atoms with Crippen molar-refractivity contribution in [1.82, 2.24) is 0 Å². The molecule has 1 aliphatic rings. The van der Waals surface area contributed by atoms with Crippen molar-refractivity contribution in [2.45, 2.75) is 19.1 Å². The lowest BCUT2D eigenvalue weighted by Gasteiger charge is -2.12. The minimum Gasteiger partial charge on any atom is -0.490 e. The standard InChI is InChI=1S/C12H13NO2S/c14-9-13-7-10-2-1-3-11(6-10)15-12-4-5-16-8-12/h1-3,6,12H,4-5,7-8H2. The van der Waals surface area contributed by atoms with Crippen LogP contribution in [0.1, 0.15) is 12.0 Å². The first-order chi connectivity index (χ1) is 7.88. The highest BCUT2D eigenvalue weighted by Gasteiger charge is 2.16. The Labute approximate surface area is 98.9 Å². The van der Waals surface area contributed by atoms with Gasteiger partial charge in [0.1, 0.15) is 11.9 Å². The van der Waals surface area contributed by atoms with Crippen molar-refractivity contribution in [2.75, 3.05) is 11.5 Å². The second kappa shape index (κ2) is 5.73. The molecular weight excluding hydrogens is 222 g/mol. The van der Waals surface area contributed by atoms with Crippen molar-refractivity contribution in [3.8, 4) is 5.75 Å². The molecule has 0 radical (unpaired) electrons. The van der Waals surface area contributed by atoms with Crippen LogP contribution in [0.15, 0.2) is 29.3 Å². The van der Waals surface area contributed by atoms with Crippen molar-refractivity contribution in [3.63, 3.8) is 0 Å². The lowest BCUT2D eigenvalue weighted by atomic mass is 10.2. The molecule has 0 amide bonds. The van der Waals surface area contributed by atoms with Gasteiger partial charge in [0.05, 0.1) is 6.54 Å². The molecule has 2 rings (SSSR count). The fourth-order valence-electron chi connectivity index (χ4n) is 1.64. The maximum absolute atomic E-state index is 10.0. The summed E-state index contributed by atoms with van der Waals surface area (Å²) in [5.41, 5.74) is 0.978. The number of carbonyl (C=O) groups excluding carboxylic acids is 1. The summed E-state index contributed by atoms with van der Waals surface area (Å²) in [4.78, 5) is 13.6. The average molecular weight is 235 g/mol. The summed E-state index contributed by atoms with van der Waals surface area (Å²) in [5, 5.41) is 0. The quantitative estimate of drug-likeness (QED) is 0.594. The molecule has 0 aromatic heterocycles. The second-order valence-corrected chi connectivity index (χ2v) is 4.81. The van der Waals surface area contributed by atoms with Crippen LogP contribution in [-0.4, -0.2) is 23.7 Å². The lowest BCUT2D eigenvalue weighted by Crippen LogP contribution is -2.14. The van der Waals surface area contributed by atoms with Crippen LogP contribution in [0.25, 0.3) is 0 Å². The van der Waals surface area contributed by atoms with Crippen LogP contribution in [-0.2, 0) is 11.3 Å². The zero-order chi connectivity index (χ0) is 11.2. The first-order valence-electron chi connectivity index (χ1n) is 5.25. The zero-order valence-corrected chi connectivity index (χ0v) is 9.70. The number of benzene rings is 1. The van der Waals surface area contributed by atoms with Gasteiger partial charge >= 0.3 is 0 Å². The van der Waals surface area contributed by atoms with Crippen LogP contribution in [0.3, 0.4) is 0 Å². The van der Waals surface area contributed by atoms with E-state index in [0.29, 0.717) is 12.6 Å². The molecule has 1 aromatic carbocycles. The predicted molar refractivity (Wildman–Crippen MR) is 64.6 cm³/mol. The molecule has 1 saturated heterocycles. The molecule has 0 aliphatic carbocycles.